The van der Waals surface area contributed by atoms with E-state index in [9.17, 15) is 0 Å². The van der Waals surface area contributed by atoms with Crippen molar-refractivity contribution in [2.24, 2.45) is 0 Å². The van der Waals surface area contributed by atoms with E-state index >= 15 is 0 Å². The summed E-state index contributed by atoms with van der Waals surface area (Å²) in [5.74, 6) is 3.21. The number of hydrogen-bond donors (Lipinski definition) is 0. The Morgan fingerprint density at radius 1 is 0.481 bits per heavy atom. The van der Waals surface area contributed by atoms with Gasteiger partial charge in [0.25, 0.3) is 0 Å². The fourth-order valence-corrected chi connectivity index (χ4v) is 3.00. The lowest BCUT2D eigenvalue weighted by Crippen LogP contribution is -2.05. The molecule has 4 aromatic carbocycles. The van der Waals surface area contributed by atoms with Crippen LogP contribution in [0, 0.1) is 0 Å². The number of methoxy groups -OCH3 is 2. The van der Waals surface area contributed by atoms with Gasteiger partial charge in [-0.2, -0.15) is 0 Å². The van der Waals surface area contributed by atoms with Crippen molar-refractivity contribution in [1.29, 1.82) is 0 Å². The van der Waals surface area contributed by atoms with Gasteiger partial charge >= 0.3 is 0 Å². The molecule has 0 aliphatic rings. The average Bonchev–Trinajstić information content (AvgIpc) is 2.72. The van der Waals surface area contributed by atoms with Crippen LogP contribution < -0.4 is 18.9 Å². The highest BCUT2D eigenvalue weighted by molar-refractivity contribution is 5.86. The Kier molecular flexibility index (Phi) is 4.71. The van der Waals surface area contributed by atoms with Crippen LogP contribution in [0.2, 0.25) is 0 Å². The molecule has 0 amide bonds. The topological polar surface area (TPSA) is 36.9 Å². The fourth-order valence-electron chi connectivity index (χ4n) is 3.00. The Hall–Kier alpha value is -3.40. The summed E-state index contributed by atoms with van der Waals surface area (Å²) >= 11 is 0. The standard InChI is InChI=1S/C23H20O4/c1-24-20-7-3-18-13-22(9-5-16(18)11-20)26-15-27-23-10-6-17-12-21(25-2)8-4-19(17)14-23/h3-14H,15H2,1-2H3. The molecule has 0 fully saturated rings. The third kappa shape index (κ3) is 3.75. The average molecular weight is 360 g/mol. The maximum atomic E-state index is 5.75. The Labute approximate surface area is 157 Å². The lowest BCUT2D eigenvalue weighted by Gasteiger charge is -2.10. The second-order valence-corrected chi connectivity index (χ2v) is 6.16. The van der Waals surface area contributed by atoms with Crippen molar-refractivity contribution >= 4 is 21.5 Å². The van der Waals surface area contributed by atoms with Crippen LogP contribution in [-0.4, -0.2) is 21.0 Å². The molecule has 136 valence electrons. The molecule has 4 aromatic rings. The molecule has 0 saturated heterocycles. The molecule has 4 rings (SSSR count). The van der Waals surface area contributed by atoms with E-state index < -0.39 is 0 Å². The molecule has 0 bridgehead atoms. The molecule has 0 saturated carbocycles. The first-order chi connectivity index (χ1) is 13.2. The third-order valence-electron chi connectivity index (χ3n) is 4.49. The Morgan fingerprint density at radius 3 is 1.19 bits per heavy atom. The number of hydrogen-bond acceptors (Lipinski definition) is 4. The molecule has 4 heteroatoms. The number of rotatable bonds is 6. The number of benzene rings is 4. The van der Waals surface area contributed by atoms with Crippen molar-refractivity contribution in [2.75, 3.05) is 21.0 Å². The van der Waals surface area contributed by atoms with E-state index in [-0.39, 0.29) is 6.79 Å². The molecule has 0 radical (unpaired) electrons. The predicted octanol–water partition coefficient (Wildman–Crippen LogP) is 5.43. The molecule has 27 heavy (non-hydrogen) atoms. The van der Waals surface area contributed by atoms with Crippen LogP contribution in [-0.2, 0) is 0 Å². The highest BCUT2D eigenvalue weighted by Crippen LogP contribution is 2.26. The van der Waals surface area contributed by atoms with Gasteiger partial charge in [0.05, 0.1) is 14.2 Å². The first kappa shape index (κ1) is 17.0. The lowest BCUT2D eigenvalue weighted by molar-refractivity contribution is 0.120. The number of fused-ring (bicyclic) bond motifs is 2. The third-order valence-corrected chi connectivity index (χ3v) is 4.49. The van der Waals surface area contributed by atoms with E-state index in [1.165, 1.54) is 0 Å². The van der Waals surface area contributed by atoms with Gasteiger partial charge < -0.3 is 18.9 Å². The monoisotopic (exact) mass is 360 g/mol. The summed E-state index contributed by atoms with van der Waals surface area (Å²) in [6.45, 7) is 0.142. The van der Waals surface area contributed by atoms with Gasteiger partial charge in [-0.1, -0.05) is 24.3 Å². The zero-order chi connectivity index (χ0) is 18.6. The second-order valence-electron chi connectivity index (χ2n) is 6.16. The molecule has 0 aromatic heterocycles. The molecule has 0 atom stereocenters. The van der Waals surface area contributed by atoms with E-state index in [1.807, 2.05) is 72.8 Å². The van der Waals surface area contributed by atoms with E-state index in [2.05, 4.69) is 0 Å². The maximum absolute atomic E-state index is 5.75. The zero-order valence-electron chi connectivity index (χ0n) is 15.3. The summed E-state index contributed by atoms with van der Waals surface area (Å²) in [7, 11) is 3.33. The van der Waals surface area contributed by atoms with Gasteiger partial charge in [-0.15, -0.1) is 0 Å². The quantitative estimate of drug-likeness (QED) is 0.430. The summed E-state index contributed by atoms with van der Waals surface area (Å²) < 4.78 is 22.0. The van der Waals surface area contributed by atoms with Crippen LogP contribution in [0.4, 0.5) is 0 Å². The van der Waals surface area contributed by atoms with Crippen molar-refractivity contribution in [2.45, 2.75) is 0 Å². The molecule has 0 N–H and O–H groups in total. The molecule has 0 aliphatic heterocycles. The van der Waals surface area contributed by atoms with Crippen molar-refractivity contribution < 1.29 is 18.9 Å². The Balaban J connectivity index is 1.43. The Bertz CT molecular complexity index is 1000. The van der Waals surface area contributed by atoms with Crippen LogP contribution in [0.5, 0.6) is 23.0 Å². The SMILES string of the molecule is COc1ccc2cc(OCOc3ccc4cc(OC)ccc4c3)ccc2c1. The number of ether oxygens (including phenoxy) is 4. The van der Waals surface area contributed by atoms with Crippen LogP contribution in [0.25, 0.3) is 21.5 Å². The van der Waals surface area contributed by atoms with E-state index in [4.69, 9.17) is 18.9 Å². The minimum Gasteiger partial charge on any atom is -0.497 e. The predicted molar refractivity (Wildman–Crippen MR) is 107 cm³/mol. The van der Waals surface area contributed by atoms with Gasteiger partial charge in [-0.3, -0.25) is 0 Å². The fraction of sp³-hybridized carbons (Fsp3) is 0.130. The molecule has 4 nitrogen and oxygen atoms in total. The van der Waals surface area contributed by atoms with Crippen molar-refractivity contribution in [1.82, 2.24) is 0 Å². The maximum Gasteiger partial charge on any atom is 0.230 e. The smallest absolute Gasteiger partial charge is 0.230 e. The van der Waals surface area contributed by atoms with Crippen LogP contribution >= 0.6 is 0 Å². The largest absolute Gasteiger partial charge is 0.497 e. The zero-order valence-corrected chi connectivity index (χ0v) is 15.3. The minimum absolute atomic E-state index is 0.142. The first-order valence-corrected chi connectivity index (χ1v) is 8.66. The van der Waals surface area contributed by atoms with E-state index in [0.717, 1.165) is 44.5 Å². The molecule has 0 unspecified atom stereocenters. The summed E-state index contributed by atoms with van der Waals surface area (Å²) in [4.78, 5) is 0. The van der Waals surface area contributed by atoms with Crippen LogP contribution in [0.1, 0.15) is 0 Å². The first-order valence-electron chi connectivity index (χ1n) is 8.66. The molecular formula is C23H20O4. The second kappa shape index (κ2) is 7.46. The van der Waals surface area contributed by atoms with Crippen LogP contribution in [0.3, 0.4) is 0 Å². The molecule has 0 heterocycles. The van der Waals surface area contributed by atoms with E-state index in [0.29, 0.717) is 0 Å². The summed E-state index contributed by atoms with van der Waals surface area (Å²) in [5.41, 5.74) is 0. The van der Waals surface area contributed by atoms with Gasteiger partial charge in [0.2, 0.25) is 6.79 Å². The molecular weight excluding hydrogens is 340 g/mol. The van der Waals surface area contributed by atoms with Crippen molar-refractivity contribution in [3.05, 3.63) is 72.8 Å². The highest BCUT2D eigenvalue weighted by atomic mass is 16.7. The Morgan fingerprint density at radius 2 is 0.815 bits per heavy atom. The normalized spacial score (nSPS) is 10.7. The van der Waals surface area contributed by atoms with Crippen molar-refractivity contribution in [3.8, 4) is 23.0 Å². The minimum atomic E-state index is 0.142. The van der Waals surface area contributed by atoms with Gasteiger partial charge in [-0.05, 0) is 70.1 Å². The molecule has 0 spiro atoms. The van der Waals surface area contributed by atoms with Gasteiger partial charge in [0.15, 0.2) is 0 Å². The lowest BCUT2D eigenvalue weighted by atomic mass is 10.1. The highest BCUT2D eigenvalue weighted by Gasteiger charge is 2.02. The van der Waals surface area contributed by atoms with Gasteiger partial charge in [0, 0.05) is 0 Å². The summed E-state index contributed by atoms with van der Waals surface area (Å²) in [5, 5.41) is 4.39. The summed E-state index contributed by atoms with van der Waals surface area (Å²) in [6.07, 6.45) is 0. The van der Waals surface area contributed by atoms with Crippen molar-refractivity contribution in [3.63, 3.8) is 0 Å². The van der Waals surface area contributed by atoms with E-state index in [1.54, 1.807) is 14.2 Å². The molecule has 0 aliphatic carbocycles. The van der Waals surface area contributed by atoms with Crippen LogP contribution in [0.15, 0.2) is 72.8 Å². The van der Waals surface area contributed by atoms with Gasteiger partial charge in [0.1, 0.15) is 23.0 Å². The summed E-state index contributed by atoms with van der Waals surface area (Å²) in [6, 6.07) is 23.8. The van der Waals surface area contributed by atoms with Gasteiger partial charge in [-0.25, -0.2) is 0 Å².